The van der Waals surface area contributed by atoms with Crippen molar-refractivity contribution in [3.63, 3.8) is 0 Å². The van der Waals surface area contributed by atoms with Crippen LogP contribution in [0, 0.1) is 0 Å². The molecule has 1 fully saturated rings. The van der Waals surface area contributed by atoms with Crippen molar-refractivity contribution in [2.24, 2.45) is 0 Å². The van der Waals surface area contributed by atoms with Gasteiger partial charge in [-0.1, -0.05) is 19.1 Å². The molecule has 1 aliphatic carbocycles. The van der Waals surface area contributed by atoms with E-state index in [2.05, 4.69) is 46.9 Å². The first-order chi connectivity index (χ1) is 9.83. The quantitative estimate of drug-likeness (QED) is 0.774. The molecule has 1 aromatic carbocycles. The van der Waals surface area contributed by atoms with E-state index >= 15 is 0 Å². The van der Waals surface area contributed by atoms with Gasteiger partial charge in [0.25, 0.3) is 0 Å². The Hall–Kier alpha value is -0.840. The maximum absolute atomic E-state index is 4.62. The van der Waals surface area contributed by atoms with Gasteiger partial charge < -0.3 is 5.32 Å². The zero-order valence-corrected chi connectivity index (χ0v) is 13.4. The van der Waals surface area contributed by atoms with E-state index in [4.69, 9.17) is 0 Å². The number of hydrogen-bond donors (Lipinski definition) is 1. The third-order valence-electron chi connectivity index (χ3n) is 3.36. The van der Waals surface area contributed by atoms with E-state index in [0.717, 1.165) is 24.8 Å². The molecule has 1 aromatic heterocycles. The van der Waals surface area contributed by atoms with Crippen molar-refractivity contribution in [3.05, 3.63) is 45.9 Å². The number of aryl methyl sites for hydroxylation is 1. The third-order valence-corrected chi connectivity index (χ3v) is 5.43. The lowest BCUT2D eigenvalue weighted by atomic mass is 10.2. The van der Waals surface area contributed by atoms with E-state index in [1.165, 1.54) is 34.0 Å². The highest BCUT2D eigenvalue weighted by atomic mass is 32.2. The van der Waals surface area contributed by atoms with Gasteiger partial charge in [0, 0.05) is 28.6 Å². The maximum Gasteiger partial charge on any atom is 0.0925 e. The highest BCUT2D eigenvalue weighted by molar-refractivity contribution is 7.98. The lowest BCUT2D eigenvalue weighted by molar-refractivity contribution is 0.687. The molecule has 0 unspecified atom stereocenters. The molecule has 0 bridgehead atoms. The van der Waals surface area contributed by atoms with Gasteiger partial charge in [-0.3, -0.25) is 0 Å². The van der Waals surface area contributed by atoms with Crippen LogP contribution in [0.3, 0.4) is 0 Å². The van der Waals surface area contributed by atoms with Crippen molar-refractivity contribution >= 4 is 23.1 Å². The minimum Gasteiger partial charge on any atom is -0.310 e. The summed E-state index contributed by atoms with van der Waals surface area (Å²) in [5.41, 5.74) is 2.59. The molecule has 0 atom stereocenters. The van der Waals surface area contributed by atoms with Gasteiger partial charge in [0.1, 0.15) is 0 Å². The van der Waals surface area contributed by atoms with Gasteiger partial charge in [-0.2, -0.15) is 0 Å². The predicted molar refractivity (Wildman–Crippen MR) is 87.4 cm³/mol. The Morgan fingerprint density at radius 3 is 3.05 bits per heavy atom. The summed E-state index contributed by atoms with van der Waals surface area (Å²) >= 11 is 3.65. The number of thiazole rings is 1. The van der Waals surface area contributed by atoms with Crippen molar-refractivity contribution in [3.8, 4) is 0 Å². The van der Waals surface area contributed by atoms with E-state index in [-0.39, 0.29) is 0 Å². The van der Waals surface area contributed by atoms with Gasteiger partial charge in [0.15, 0.2) is 0 Å². The fourth-order valence-electron chi connectivity index (χ4n) is 2.03. The largest absolute Gasteiger partial charge is 0.310 e. The molecule has 106 valence electrons. The summed E-state index contributed by atoms with van der Waals surface area (Å²) in [7, 11) is 0. The number of benzene rings is 1. The molecule has 1 N–H and O–H groups in total. The lowest BCUT2D eigenvalue weighted by Crippen LogP contribution is -2.15. The van der Waals surface area contributed by atoms with Crippen molar-refractivity contribution in [1.29, 1.82) is 0 Å². The minimum absolute atomic E-state index is 0.772. The number of rotatable bonds is 7. The Morgan fingerprint density at radius 1 is 1.40 bits per heavy atom. The van der Waals surface area contributed by atoms with Gasteiger partial charge in [0.2, 0.25) is 0 Å². The standard InChI is InChI=1S/C16H20N2S2/c1-2-16-18-14(11-20-16)10-19-15-5-3-4-12(8-15)9-17-13-6-7-13/h3-5,8,11,13,17H,2,6-7,9-10H2,1H3. The average molecular weight is 304 g/mol. The van der Waals surface area contributed by atoms with Gasteiger partial charge >= 0.3 is 0 Å². The van der Waals surface area contributed by atoms with Crippen LogP contribution in [-0.4, -0.2) is 11.0 Å². The van der Waals surface area contributed by atoms with Gasteiger partial charge in [-0.05, 0) is 37.0 Å². The maximum atomic E-state index is 4.62. The predicted octanol–water partition coefficient (Wildman–Crippen LogP) is 4.25. The van der Waals surface area contributed by atoms with Crippen LogP contribution in [0.5, 0.6) is 0 Å². The summed E-state index contributed by atoms with van der Waals surface area (Å²) in [6.07, 6.45) is 3.73. The number of nitrogens with one attached hydrogen (secondary N) is 1. The number of hydrogen-bond acceptors (Lipinski definition) is 4. The Morgan fingerprint density at radius 2 is 2.30 bits per heavy atom. The molecule has 20 heavy (non-hydrogen) atoms. The van der Waals surface area contributed by atoms with Gasteiger partial charge in [-0.15, -0.1) is 23.1 Å². The molecule has 0 amide bonds. The summed E-state index contributed by atoms with van der Waals surface area (Å²) in [5, 5.41) is 6.99. The normalized spacial score (nSPS) is 14.7. The fraction of sp³-hybridized carbons (Fsp3) is 0.438. The molecule has 1 aliphatic rings. The summed E-state index contributed by atoms with van der Waals surface area (Å²) in [6, 6.07) is 9.63. The zero-order chi connectivity index (χ0) is 13.8. The van der Waals surface area contributed by atoms with Crippen LogP contribution in [0.1, 0.15) is 36.0 Å². The summed E-state index contributed by atoms with van der Waals surface area (Å²) < 4.78 is 0. The molecular formula is C16H20N2S2. The Bertz CT molecular complexity index is 561. The molecule has 0 radical (unpaired) electrons. The highest BCUT2D eigenvalue weighted by Gasteiger charge is 2.19. The minimum atomic E-state index is 0.772. The summed E-state index contributed by atoms with van der Waals surface area (Å²) in [6.45, 7) is 3.15. The first-order valence-corrected chi connectivity index (χ1v) is 9.08. The van der Waals surface area contributed by atoms with Crippen LogP contribution in [0.15, 0.2) is 34.5 Å². The second kappa shape index (κ2) is 6.74. The van der Waals surface area contributed by atoms with E-state index in [0.29, 0.717) is 0 Å². The second-order valence-electron chi connectivity index (χ2n) is 5.18. The molecule has 1 heterocycles. The monoisotopic (exact) mass is 304 g/mol. The van der Waals surface area contributed by atoms with Crippen molar-refractivity contribution in [2.45, 2.75) is 49.4 Å². The van der Waals surface area contributed by atoms with Crippen LogP contribution < -0.4 is 5.32 Å². The summed E-state index contributed by atoms with van der Waals surface area (Å²) in [5.74, 6) is 0.968. The van der Waals surface area contributed by atoms with Gasteiger partial charge in [-0.25, -0.2) is 4.98 Å². The molecule has 3 rings (SSSR count). The van der Waals surface area contributed by atoms with Crippen LogP contribution in [-0.2, 0) is 18.7 Å². The van der Waals surface area contributed by atoms with Crippen molar-refractivity contribution in [2.75, 3.05) is 0 Å². The molecule has 2 aromatic rings. The Labute approximate surface area is 129 Å². The Kier molecular flexibility index (Phi) is 4.76. The fourth-order valence-corrected chi connectivity index (χ4v) is 3.75. The first-order valence-electron chi connectivity index (χ1n) is 7.22. The lowest BCUT2D eigenvalue weighted by Gasteiger charge is -2.05. The third kappa shape index (κ3) is 4.08. The number of nitrogens with zero attached hydrogens (tertiary/aromatic N) is 1. The molecule has 0 spiro atoms. The molecular weight excluding hydrogens is 284 g/mol. The number of aromatic nitrogens is 1. The van der Waals surface area contributed by atoms with Crippen LogP contribution in [0.4, 0.5) is 0 Å². The van der Waals surface area contributed by atoms with Crippen molar-refractivity contribution < 1.29 is 0 Å². The molecule has 1 saturated carbocycles. The van der Waals surface area contributed by atoms with Gasteiger partial charge in [0.05, 0.1) is 10.7 Å². The van der Waals surface area contributed by atoms with Crippen LogP contribution >= 0.6 is 23.1 Å². The van der Waals surface area contributed by atoms with E-state index in [9.17, 15) is 0 Å². The van der Waals surface area contributed by atoms with Crippen LogP contribution in [0.2, 0.25) is 0 Å². The molecule has 0 aliphatic heterocycles. The topological polar surface area (TPSA) is 24.9 Å². The summed E-state index contributed by atoms with van der Waals surface area (Å²) in [4.78, 5) is 5.96. The molecule has 2 nitrogen and oxygen atoms in total. The second-order valence-corrected chi connectivity index (χ2v) is 7.17. The van der Waals surface area contributed by atoms with Crippen molar-refractivity contribution in [1.82, 2.24) is 10.3 Å². The van der Waals surface area contributed by atoms with E-state index < -0.39 is 0 Å². The zero-order valence-electron chi connectivity index (χ0n) is 11.8. The molecule has 4 heteroatoms. The highest BCUT2D eigenvalue weighted by Crippen LogP contribution is 2.25. The Balaban J connectivity index is 1.54. The number of thioether (sulfide) groups is 1. The van der Waals surface area contributed by atoms with E-state index in [1.807, 2.05) is 11.8 Å². The van der Waals surface area contributed by atoms with E-state index in [1.54, 1.807) is 11.3 Å². The first kappa shape index (κ1) is 14.1. The molecule has 0 saturated heterocycles. The smallest absolute Gasteiger partial charge is 0.0925 e. The van der Waals surface area contributed by atoms with Crippen LogP contribution in [0.25, 0.3) is 0 Å². The average Bonchev–Trinajstić information content (AvgIpc) is 3.20. The SMILES string of the molecule is CCc1nc(CSc2cccc(CNC3CC3)c2)cs1.